The summed E-state index contributed by atoms with van der Waals surface area (Å²) >= 11 is 5.91. The van der Waals surface area contributed by atoms with Crippen LogP contribution in [0.1, 0.15) is 29.8 Å². The second-order valence-corrected chi connectivity index (χ2v) is 9.81. The van der Waals surface area contributed by atoms with Gasteiger partial charge in [-0.3, -0.25) is 9.10 Å². The van der Waals surface area contributed by atoms with Crippen LogP contribution in [0.5, 0.6) is 5.75 Å². The van der Waals surface area contributed by atoms with Crippen LogP contribution in [-0.4, -0.2) is 27.0 Å². The van der Waals surface area contributed by atoms with Crippen molar-refractivity contribution in [2.24, 2.45) is 0 Å². The van der Waals surface area contributed by atoms with Gasteiger partial charge in [0.15, 0.2) is 0 Å². The molecule has 0 saturated heterocycles. The van der Waals surface area contributed by atoms with E-state index in [1.807, 2.05) is 13.8 Å². The molecular weight excluding hydrogens is 448 g/mol. The summed E-state index contributed by atoms with van der Waals surface area (Å²) in [6.45, 7) is 4.34. The van der Waals surface area contributed by atoms with E-state index in [4.69, 9.17) is 16.3 Å². The fourth-order valence-electron chi connectivity index (χ4n) is 3.83. The minimum Gasteiger partial charge on any atom is -0.494 e. The molecule has 0 bridgehead atoms. The summed E-state index contributed by atoms with van der Waals surface area (Å²) in [5, 5.41) is 3.34. The lowest BCUT2D eigenvalue weighted by Crippen LogP contribution is -2.35. The zero-order chi connectivity index (χ0) is 22.9. The summed E-state index contributed by atoms with van der Waals surface area (Å²) in [6, 6.07) is 18.1. The number of halogens is 1. The third-order valence-corrected chi connectivity index (χ3v) is 7.48. The number of nitrogens with one attached hydrogen (secondary N) is 1. The number of amides is 1. The lowest BCUT2D eigenvalue weighted by molar-refractivity contribution is 0.102. The quantitative estimate of drug-likeness (QED) is 0.541. The van der Waals surface area contributed by atoms with Crippen molar-refractivity contribution in [3.8, 4) is 5.75 Å². The topological polar surface area (TPSA) is 75.7 Å². The molecule has 1 aliphatic rings. The Balaban J connectivity index is 1.57. The summed E-state index contributed by atoms with van der Waals surface area (Å²) in [4.78, 5) is 12.9. The van der Waals surface area contributed by atoms with Gasteiger partial charge < -0.3 is 10.1 Å². The van der Waals surface area contributed by atoms with Crippen molar-refractivity contribution in [1.82, 2.24) is 0 Å². The number of rotatable bonds is 6. The molecule has 3 aromatic carbocycles. The summed E-state index contributed by atoms with van der Waals surface area (Å²) in [6.07, 6.45) is 0.520. The van der Waals surface area contributed by atoms with E-state index in [2.05, 4.69) is 5.32 Å². The van der Waals surface area contributed by atoms with E-state index in [-0.39, 0.29) is 16.8 Å². The molecule has 166 valence electrons. The van der Waals surface area contributed by atoms with Crippen LogP contribution in [0.25, 0.3) is 0 Å². The van der Waals surface area contributed by atoms with E-state index in [0.29, 0.717) is 35.0 Å². The number of ether oxygens (including phenoxy) is 1. The molecule has 1 heterocycles. The van der Waals surface area contributed by atoms with Gasteiger partial charge in [0.2, 0.25) is 0 Å². The average Bonchev–Trinajstić information content (AvgIpc) is 3.11. The number of hydrogen-bond acceptors (Lipinski definition) is 4. The van der Waals surface area contributed by atoms with Crippen LogP contribution in [0, 0.1) is 0 Å². The van der Waals surface area contributed by atoms with E-state index in [9.17, 15) is 13.2 Å². The Morgan fingerprint density at radius 2 is 1.78 bits per heavy atom. The highest BCUT2D eigenvalue weighted by Crippen LogP contribution is 2.37. The first-order valence-corrected chi connectivity index (χ1v) is 12.1. The first-order chi connectivity index (χ1) is 15.3. The Kier molecular flexibility index (Phi) is 6.13. The Hall–Kier alpha value is -3.03. The number of sulfonamides is 1. The SMILES string of the molecule is CCOc1ccc(NC(=O)c2ccc3c(c2)C[C@@H](C)N3S(=O)(=O)c2ccc(Cl)cc2)cc1. The van der Waals surface area contributed by atoms with Gasteiger partial charge in [0.05, 0.1) is 17.2 Å². The van der Waals surface area contributed by atoms with Gasteiger partial charge in [0, 0.05) is 22.3 Å². The second kappa shape index (κ2) is 8.84. The molecule has 1 atom stereocenters. The van der Waals surface area contributed by atoms with E-state index in [0.717, 1.165) is 11.3 Å². The van der Waals surface area contributed by atoms with E-state index in [1.165, 1.54) is 16.4 Å². The van der Waals surface area contributed by atoms with Crippen LogP contribution in [0.4, 0.5) is 11.4 Å². The Morgan fingerprint density at radius 3 is 2.44 bits per heavy atom. The predicted molar refractivity (Wildman–Crippen MR) is 126 cm³/mol. The molecular formula is C24H23ClN2O4S. The monoisotopic (exact) mass is 470 g/mol. The van der Waals surface area contributed by atoms with E-state index >= 15 is 0 Å². The molecule has 1 amide bonds. The van der Waals surface area contributed by atoms with Crippen molar-refractivity contribution in [2.45, 2.75) is 31.2 Å². The van der Waals surface area contributed by atoms with Gasteiger partial charge in [-0.2, -0.15) is 0 Å². The zero-order valence-corrected chi connectivity index (χ0v) is 19.3. The van der Waals surface area contributed by atoms with Gasteiger partial charge in [-0.25, -0.2) is 8.42 Å². The normalized spacial score (nSPS) is 15.3. The van der Waals surface area contributed by atoms with Gasteiger partial charge in [-0.05, 0) is 92.6 Å². The molecule has 8 heteroatoms. The summed E-state index contributed by atoms with van der Waals surface area (Å²) in [5.74, 6) is 0.475. The molecule has 0 aromatic heterocycles. The van der Waals surface area contributed by atoms with Gasteiger partial charge in [-0.1, -0.05) is 11.6 Å². The Labute approximate surface area is 192 Å². The van der Waals surface area contributed by atoms with E-state index in [1.54, 1.807) is 54.6 Å². The maximum atomic E-state index is 13.2. The zero-order valence-electron chi connectivity index (χ0n) is 17.7. The maximum Gasteiger partial charge on any atom is 0.264 e. The molecule has 1 N–H and O–H groups in total. The van der Waals surface area contributed by atoms with Crippen molar-refractivity contribution in [3.05, 3.63) is 82.9 Å². The number of carbonyl (C=O) groups is 1. The second-order valence-electron chi connectivity index (χ2n) is 7.56. The van der Waals surface area contributed by atoms with Crippen LogP contribution >= 0.6 is 11.6 Å². The van der Waals surface area contributed by atoms with Crippen molar-refractivity contribution in [2.75, 3.05) is 16.2 Å². The molecule has 0 spiro atoms. The molecule has 32 heavy (non-hydrogen) atoms. The molecule has 3 aromatic rings. The van der Waals surface area contributed by atoms with Gasteiger partial charge >= 0.3 is 0 Å². The minimum absolute atomic E-state index is 0.180. The lowest BCUT2D eigenvalue weighted by Gasteiger charge is -2.24. The van der Waals surface area contributed by atoms with Crippen molar-refractivity contribution in [1.29, 1.82) is 0 Å². The minimum atomic E-state index is -3.75. The average molecular weight is 471 g/mol. The van der Waals surface area contributed by atoms with Crippen LogP contribution in [0.15, 0.2) is 71.6 Å². The van der Waals surface area contributed by atoms with Gasteiger partial charge in [-0.15, -0.1) is 0 Å². The van der Waals surface area contributed by atoms with Crippen molar-refractivity contribution >= 4 is 38.9 Å². The third kappa shape index (κ3) is 4.31. The highest BCUT2D eigenvalue weighted by molar-refractivity contribution is 7.92. The number of hydrogen-bond donors (Lipinski definition) is 1. The molecule has 0 saturated carbocycles. The van der Waals surface area contributed by atoms with Crippen LogP contribution in [0.3, 0.4) is 0 Å². The standard InChI is InChI=1S/C24H23ClN2O4S/c1-3-31-21-9-7-20(8-10-21)26-24(28)17-4-13-23-18(15-17)14-16(2)27(23)32(29,30)22-11-5-19(25)6-12-22/h4-13,15-16H,3,14H2,1-2H3,(H,26,28)/t16-/m1/s1. The van der Waals surface area contributed by atoms with Gasteiger partial charge in [0.1, 0.15) is 5.75 Å². The predicted octanol–water partition coefficient (Wildman–Crippen LogP) is 5.13. The molecule has 1 aliphatic heterocycles. The number of fused-ring (bicyclic) bond motifs is 1. The number of benzene rings is 3. The maximum absolute atomic E-state index is 13.2. The fraction of sp³-hybridized carbons (Fsp3) is 0.208. The first-order valence-electron chi connectivity index (χ1n) is 10.3. The largest absolute Gasteiger partial charge is 0.494 e. The highest BCUT2D eigenvalue weighted by atomic mass is 35.5. The lowest BCUT2D eigenvalue weighted by atomic mass is 10.1. The Bertz CT molecular complexity index is 1240. The van der Waals surface area contributed by atoms with Crippen LogP contribution < -0.4 is 14.4 Å². The first kappa shape index (κ1) is 22.2. The number of nitrogens with zero attached hydrogens (tertiary/aromatic N) is 1. The summed E-state index contributed by atoms with van der Waals surface area (Å²) in [7, 11) is -3.75. The molecule has 0 aliphatic carbocycles. The highest BCUT2D eigenvalue weighted by Gasteiger charge is 2.36. The molecule has 0 unspecified atom stereocenters. The van der Waals surface area contributed by atoms with Crippen molar-refractivity contribution < 1.29 is 17.9 Å². The van der Waals surface area contributed by atoms with E-state index < -0.39 is 10.0 Å². The van der Waals surface area contributed by atoms with Gasteiger partial charge in [0.25, 0.3) is 15.9 Å². The fourth-order valence-corrected chi connectivity index (χ4v) is 5.65. The molecule has 4 rings (SSSR count). The number of anilines is 2. The van der Waals surface area contributed by atoms with Crippen molar-refractivity contribution in [3.63, 3.8) is 0 Å². The summed E-state index contributed by atoms with van der Waals surface area (Å²) < 4.78 is 33.3. The Morgan fingerprint density at radius 1 is 1.09 bits per heavy atom. The third-order valence-electron chi connectivity index (χ3n) is 5.29. The molecule has 0 radical (unpaired) electrons. The van der Waals surface area contributed by atoms with Crippen LogP contribution in [0.2, 0.25) is 5.02 Å². The number of carbonyl (C=O) groups excluding carboxylic acids is 1. The smallest absolute Gasteiger partial charge is 0.264 e. The molecule has 0 fully saturated rings. The molecule has 6 nitrogen and oxygen atoms in total. The van der Waals surface area contributed by atoms with Crippen LogP contribution in [-0.2, 0) is 16.4 Å². The summed E-state index contributed by atoms with van der Waals surface area (Å²) in [5.41, 5.74) is 2.52.